The number of benzene rings is 1. The Morgan fingerprint density at radius 3 is 2.73 bits per heavy atom. The minimum atomic E-state index is -0.0484. The van der Waals surface area contributed by atoms with Crippen molar-refractivity contribution in [3.63, 3.8) is 0 Å². The zero-order valence-corrected chi connectivity index (χ0v) is 17.5. The average molecular weight is 411 g/mol. The van der Waals surface area contributed by atoms with E-state index in [-0.39, 0.29) is 11.8 Å². The second-order valence-electron chi connectivity index (χ2n) is 7.92. The van der Waals surface area contributed by atoms with Crippen LogP contribution in [0.4, 0.5) is 5.82 Å². The highest BCUT2D eigenvalue weighted by molar-refractivity contribution is 5.92. The van der Waals surface area contributed by atoms with Gasteiger partial charge in [0.25, 0.3) is 0 Å². The van der Waals surface area contributed by atoms with Crippen LogP contribution in [0.25, 0.3) is 6.08 Å². The van der Waals surface area contributed by atoms with E-state index < -0.39 is 0 Å². The van der Waals surface area contributed by atoms with Gasteiger partial charge in [0.2, 0.25) is 5.91 Å². The number of ether oxygens (including phenoxy) is 2. The van der Waals surface area contributed by atoms with Crippen LogP contribution in [0.3, 0.4) is 0 Å². The van der Waals surface area contributed by atoms with Crippen molar-refractivity contribution >= 4 is 17.8 Å². The largest absolute Gasteiger partial charge is 0.497 e. The lowest BCUT2D eigenvalue weighted by molar-refractivity contribution is -0.119. The first kappa shape index (κ1) is 20.6. The predicted octanol–water partition coefficient (Wildman–Crippen LogP) is 3.22. The number of hydrogen-bond acceptors (Lipinski definition) is 5. The molecular formula is C23H30N4O3. The first-order chi connectivity index (χ1) is 14.7. The fourth-order valence-electron chi connectivity index (χ4n) is 4.07. The number of likely N-dealkylation sites (tertiary alicyclic amines) is 1. The summed E-state index contributed by atoms with van der Waals surface area (Å²) in [5.41, 5.74) is 1.18. The van der Waals surface area contributed by atoms with Gasteiger partial charge in [0, 0.05) is 32.3 Å². The molecule has 7 heteroatoms. The Hall–Kier alpha value is -2.64. The van der Waals surface area contributed by atoms with E-state index in [2.05, 4.69) is 39.6 Å². The van der Waals surface area contributed by atoms with Gasteiger partial charge in [0.1, 0.15) is 11.6 Å². The molecule has 0 radical (unpaired) electrons. The van der Waals surface area contributed by atoms with Crippen LogP contribution in [0.2, 0.25) is 0 Å². The molecule has 4 rings (SSSR count). The maximum atomic E-state index is 12.4. The molecule has 1 atom stereocenters. The average Bonchev–Trinajstić information content (AvgIpc) is 3.47. The van der Waals surface area contributed by atoms with Crippen molar-refractivity contribution in [3.8, 4) is 5.75 Å². The number of hydrogen-bond donors (Lipinski definition) is 1. The van der Waals surface area contributed by atoms with Crippen molar-refractivity contribution in [3.05, 3.63) is 48.2 Å². The first-order valence-corrected chi connectivity index (χ1v) is 10.7. The Morgan fingerprint density at radius 1 is 1.23 bits per heavy atom. The summed E-state index contributed by atoms with van der Waals surface area (Å²) in [6.45, 7) is 4.15. The van der Waals surface area contributed by atoms with Gasteiger partial charge in [-0.1, -0.05) is 24.3 Å². The van der Waals surface area contributed by atoms with Crippen LogP contribution >= 0.6 is 0 Å². The van der Waals surface area contributed by atoms with Crippen molar-refractivity contribution in [1.82, 2.24) is 14.7 Å². The third kappa shape index (κ3) is 5.09. The van der Waals surface area contributed by atoms with Crippen molar-refractivity contribution in [2.45, 2.75) is 25.3 Å². The van der Waals surface area contributed by atoms with E-state index in [1.807, 2.05) is 22.9 Å². The van der Waals surface area contributed by atoms with Crippen molar-refractivity contribution in [2.75, 3.05) is 45.3 Å². The number of piperidine rings is 1. The SMILES string of the molecule is COc1ccc(/C=C/CN2CCC(n3nccc3NC(=O)[C@@H]3CCOC3)CC2)cc1. The number of anilines is 1. The molecule has 1 N–H and O–H groups in total. The Labute approximate surface area is 177 Å². The highest BCUT2D eigenvalue weighted by atomic mass is 16.5. The molecule has 3 heterocycles. The standard InChI is InChI=1S/C23H30N4O3/c1-29-21-6-4-18(5-7-21)3-2-13-26-14-9-20(10-15-26)27-22(8-12-24-27)25-23(28)19-11-16-30-17-19/h2-8,12,19-20H,9-11,13-17H2,1H3,(H,25,28)/b3-2+/t19-/m1/s1. The van der Waals surface area contributed by atoms with E-state index in [0.717, 1.165) is 50.5 Å². The van der Waals surface area contributed by atoms with Crippen molar-refractivity contribution in [1.29, 1.82) is 0 Å². The molecule has 2 aliphatic rings. The number of carbonyl (C=O) groups is 1. The highest BCUT2D eigenvalue weighted by Crippen LogP contribution is 2.26. The monoisotopic (exact) mass is 410 g/mol. The van der Waals surface area contributed by atoms with Crippen LogP contribution in [0.5, 0.6) is 5.75 Å². The maximum Gasteiger partial charge on any atom is 0.231 e. The maximum absolute atomic E-state index is 12.4. The zero-order valence-electron chi connectivity index (χ0n) is 17.5. The zero-order chi connectivity index (χ0) is 20.8. The number of nitrogens with zero attached hydrogens (tertiary/aromatic N) is 3. The van der Waals surface area contributed by atoms with Gasteiger partial charge >= 0.3 is 0 Å². The summed E-state index contributed by atoms with van der Waals surface area (Å²) in [5.74, 6) is 1.66. The molecule has 0 saturated carbocycles. The second kappa shape index (κ2) is 9.91. The number of rotatable bonds is 7. The van der Waals surface area contributed by atoms with Gasteiger partial charge in [-0.25, -0.2) is 4.68 Å². The highest BCUT2D eigenvalue weighted by Gasteiger charge is 2.26. The lowest BCUT2D eigenvalue weighted by atomic mass is 10.0. The number of aromatic nitrogens is 2. The van der Waals surface area contributed by atoms with Gasteiger partial charge in [0.05, 0.1) is 31.9 Å². The molecule has 0 bridgehead atoms. The third-order valence-corrected chi connectivity index (χ3v) is 5.91. The summed E-state index contributed by atoms with van der Waals surface area (Å²) >= 11 is 0. The number of amides is 1. The number of nitrogens with one attached hydrogen (secondary N) is 1. The van der Waals surface area contributed by atoms with Crippen LogP contribution < -0.4 is 10.1 Å². The van der Waals surface area contributed by atoms with E-state index in [0.29, 0.717) is 19.3 Å². The van der Waals surface area contributed by atoms with E-state index in [9.17, 15) is 4.79 Å². The van der Waals surface area contributed by atoms with Crippen molar-refractivity contribution in [2.24, 2.45) is 5.92 Å². The van der Waals surface area contributed by atoms with Crippen LogP contribution in [0, 0.1) is 5.92 Å². The minimum absolute atomic E-state index is 0.0374. The van der Waals surface area contributed by atoms with Gasteiger partial charge in [-0.15, -0.1) is 0 Å². The molecule has 0 spiro atoms. The summed E-state index contributed by atoms with van der Waals surface area (Å²) in [6.07, 6.45) is 8.97. The normalized spacial score (nSPS) is 20.6. The van der Waals surface area contributed by atoms with E-state index >= 15 is 0 Å². The van der Waals surface area contributed by atoms with E-state index in [1.54, 1.807) is 13.3 Å². The summed E-state index contributed by atoms with van der Waals surface area (Å²) in [4.78, 5) is 14.9. The van der Waals surface area contributed by atoms with Crippen LogP contribution in [-0.4, -0.2) is 60.5 Å². The van der Waals surface area contributed by atoms with Gasteiger partial charge in [0.15, 0.2) is 0 Å². The minimum Gasteiger partial charge on any atom is -0.497 e. The summed E-state index contributed by atoms with van der Waals surface area (Å²) in [6, 6.07) is 10.3. The first-order valence-electron chi connectivity index (χ1n) is 10.7. The Kier molecular flexibility index (Phi) is 6.81. The topological polar surface area (TPSA) is 68.6 Å². The summed E-state index contributed by atoms with van der Waals surface area (Å²) < 4.78 is 12.5. The Balaban J connectivity index is 1.26. The van der Waals surface area contributed by atoms with Gasteiger partial charge < -0.3 is 14.8 Å². The Morgan fingerprint density at radius 2 is 2.03 bits per heavy atom. The predicted molar refractivity (Wildman–Crippen MR) is 117 cm³/mol. The lowest BCUT2D eigenvalue weighted by Crippen LogP contribution is -2.35. The molecule has 1 aromatic heterocycles. The fourth-order valence-corrected chi connectivity index (χ4v) is 4.07. The van der Waals surface area contributed by atoms with E-state index in [4.69, 9.17) is 9.47 Å². The Bertz CT molecular complexity index is 848. The molecule has 2 aromatic rings. The van der Waals surface area contributed by atoms with E-state index in [1.165, 1.54) is 5.56 Å². The smallest absolute Gasteiger partial charge is 0.231 e. The van der Waals surface area contributed by atoms with Gasteiger partial charge in [-0.3, -0.25) is 9.69 Å². The fraction of sp³-hybridized carbons (Fsp3) is 0.478. The molecule has 30 heavy (non-hydrogen) atoms. The van der Waals surface area contributed by atoms with Gasteiger partial charge in [-0.2, -0.15) is 5.10 Å². The number of carbonyl (C=O) groups excluding carboxylic acids is 1. The lowest BCUT2D eigenvalue weighted by Gasteiger charge is -2.32. The second-order valence-corrected chi connectivity index (χ2v) is 7.92. The van der Waals surface area contributed by atoms with Gasteiger partial charge in [-0.05, 0) is 37.0 Å². The molecule has 2 aliphatic heterocycles. The molecule has 0 unspecified atom stereocenters. The molecule has 160 valence electrons. The molecule has 1 aromatic carbocycles. The van der Waals surface area contributed by atoms with Crippen LogP contribution in [0.15, 0.2) is 42.6 Å². The third-order valence-electron chi connectivity index (χ3n) is 5.91. The summed E-state index contributed by atoms with van der Waals surface area (Å²) in [7, 11) is 1.68. The molecule has 2 saturated heterocycles. The molecule has 7 nitrogen and oxygen atoms in total. The van der Waals surface area contributed by atoms with Crippen LogP contribution in [-0.2, 0) is 9.53 Å². The van der Waals surface area contributed by atoms with Crippen molar-refractivity contribution < 1.29 is 14.3 Å². The molecule has 0 aliphatic carbocycles. The number of methoxy groups -OCH3 is 1. The summed E-state index contributed by atoms with van der Waals surface area (Å²) in [5, 5.41) is 7.54. The molecule has 2 fully saturated rings. The quantitative estimate of drug-likeness (QED) is 0.759. The molecular weight excluding hydrogens is 380 g/mol. The molecule has 1 amide bonds. The van der Waals surface area contributed by atoms with Crippen LogP contribution in [0.1, 0.15) is 30.9 Å².